The van der Waals surface area contributed by atoms with Gasteiger partial charge in [0.15, 0.2) is 0 Å². The van der Waals surface area contributed by atoms with Gasteiger partial charge in [-0.25, -0.2) is 12.7 Å². The van der Waals surface area contributed by atoms with Crippen molar-refractivity contribution in [2.45, 2.75) is 37.6 Å². The number of nitrogens with zero attached hydrogens (tertiary/aromatic N) is 2. The van der Waals surface area contributed by atoms with Gasteiger partial charge >= 0.3 is 0 Å². The van der Waals surface area contributed by atoms with Crippen molar-refractivity contribution in [2.24, 2.45) is 0 Å². The van der Waals surface area contributed by atoms with Crippen molar-refractivity contribution in [3.05, 3.63) is 23.8 Å². The first kappa shape index (κ1) is 19.1. The zero-order valence-electron chi connectivity index (χ0n) is 14.6. The maximum Gasteiger partial charge on any atom is 0.247 e. The van der Waals surface area contributed by atoms with Gasteiger partial charge in [-0.05, 0) is 31.5 Å². The smallest absolute Gasteiger partial charge is 0.247 e. The molecule has 0 aliphatic carbocycles. The number of amides is 3. The summed E-state index contributed by atoms with van der Waals surface area (Å²) in [6, 6.07) is 3.44. The van der Waals surface area contributed by atoms with Gasteiger partial charge in [0.2, 0.25) is 27.7 Å². The van der Waals surface area contributed by atoms with E-state index in [-0.39, 0.29) is 29.6 Å². The Morgan fingerprint density at radius 3 is 2.28 bits per heavy atom. The minimum Gasteiger partial charge on any atom is -0.324 e. The molecule has 1 N–H and O–H groups in total. The number of benzene rings is 1. The third-order valence-corrected chi connectivity index (χ3v) is 5.91. The molecular weight excluding hydrogens is 346 g/mol. The second kappa shape index (κ2) is 6.93. The van der Waals surface area contributed by atoms with Crippen LogP contribution in [0.2, 0.25) is 0 Å². The molecule has 25 heavy (non-hydrogen) atoms. The van der Waals surface area contributed by atoms with Gasteiger partial charge in [0.05, 0.1) is 4.90 Å². The van der Waals surface area contributed by atoms with Gasteiger partial charge in [0, 0.05) is 32.6 Å². The number of hydrogen-bond donors (Lipinski definition) is 1. The maximum atomic E-state index is 12.4. The summed E-state index contributed by atoms with van der Waals surface area (Å²) in [5, 5.41) is 2.61. The van der Waals surface area contributed by atoms with Crippen LogP contribution in [-0.2, 0) is 24.4 Å². The lowest BCUT2D eigenvalue weighted by Gasteiger charge is -2.22. The number of likely N-dealkylation sites (tertiary alicyclic amines) is 1. The summed E-state index contributed by atoms with van der Waals surface area (Å²) in [7, 11) is -0.808. The average molecular weight is 367 g/mol. The van der Waals surface area contributed by atoms with Crippen LogP contribution in [-0.4, -0.2) is 55.5 Å². The molecule has 0 spiro atoms. The molecule has 1 saturated heterocycles. The fourth-order valence-corrected chi connectivity index (χ4v) is 3.42. The minimum absolute atomic E-state index is 0.0411. The van der Waals surface area contributed by atoms with Crippen LogP contribution in [0.5, 0.6) is 0 Å². The maximum absolute atomic E-state index is 12.4. The predicted molar refractivity (Wildman–Crippen MR) is 91.2 cm³/mol. The fourth-order valence-electron chi connectivity index (χ4n) is 2.49. The van der Waals surface area contributed by atoms with Gasteiger partial charge in [-0.15, -0.1) is 0 Å². The SMILES string of the molecule is Cc1ccc(S(=O)(=O)N(C)C)cc1NC(=O)[C@@H](C)N1C(=O)CCC1=O. The molecule has 1 aromatic carbocycles. The molecule has 1 aliphatic heterocycles. The van der Waals surface area contributed by atoms with Crippen molar-refractivity contribution in [2.75, 3.05) is 19.4 Å². The van der Waals surface area contributed by atoms with Gasteiger partial charge in [-0.1, -0.05) is 6.07 Å². The van der Waals surface area contributed by atoms with E-state index in [9.17, 15) is 22.8 Å². The van der Waals surface area contributed by atoms with Gasteiger partial charge < -0.3 is 5.32 Å². The lowest BCUT2D eigenvalue weighted by Crippen LogP contribution is -2.45. The Labute approximate surface area is 146 Å². The van der Waals surface area contributed by atoms with E-state index in [4.69, 9.17) is 0 Å². The normalized spacial score (nSPS) is 16.4. The number of carbonyl (C=O) groups is 3. The minimum atomic E-state index is -3.64. The highest BCUT2D eigenvalue weighted by molar-refractivity contribution is 7.89. The Hall–Kier alpha value is -2.26. The first-order valence-corrected chi connectivity index (χ1v) is 9.18. The fraction of sp³-hybridized carbons (Fsp3) is 0.438. The van der Waals surface area contributed by atoms with E-state index >= 15 is 0 Å². The molecule has 1 aliphatic rings. The van der Waals surface area contributed by atoms with Crippen molar-refractivity contribution >= 4 is 33.4 Å². The third kappa shape index (κ3) is 3.72. The standard InChI is InChI=1S/C16H21N3O5S/c1-10-5-6-12(25(23,24)18(3)4)9-13(10)17-16(22)11(2)19-14(20)7-8-15(19)21/h5-6,9,11H,7-8H2,1-4H3,(H,17,22)/t11-/m1/s1. The lowest BCUT2D eigenvalue weighted by atomic mass is 10.2. The van der Waals surface area contributed by atoms with Crippen molar-refractivity contribution in [3.63, 3.8) is 0 Å². The number of sulfonamides is 1. The Morgan fingerprint density at radius 2 is 1.76 bits per heavy atom. The number of carbonyl (C=O) groups excluding carboxylic acids is 3. The molecule has 0 saturated carbocycles. The summed E-state index contributed by atoms with van der Waals surface area (Å²) < 4.78 is 25.5. The molecule has 1 heterocycles. The van der Waals surface area contributed by atoms with Gasteiger partial charge in [0.1, 0.15) is 6.04 Å². The molecule has 2 rings (SSSR count). The zero-order valence-corrected chi connectivity index (χ0v) is 15.4. The summed E-state index contributed by atoms with van der Waals surface area (Å²) in [4.78, 5) is 36.9. The molecule has 0 unspecified atom stereocenters. The number of imide groups is 1. The average Bonchev–Trinajstić information content (AvgIpc) is 2.87. The predicted octanol–water partition coefficient (Wildman–Crippen LogP) is 0.721. The second-order valence-corrected chi connectivity index (χ2v) is 8.24. The molecule has 9 heteroatoms. The Balaban J connectivity index is 2.26. The molecule has 3 amide bonds. The van der Waals surface area contributed by atoms with Gasteiger partial charge in [0.25, 0.3) is 0 Å². The third-order valence-electron chi connectivity index (χ3n) is 4.10. The summed E-state index contributed by atoms with van der Waals surface area (Å²) in [5.74, 6) is -1.31. The highest BCUT2D eigenvalue weighted by Gasteiger charge is 2.36. The van der Waals surface area contributed by atoms with Crippen LogP contribution < -0.4 is 5.32 Å². The molecule has 0 radical (unpaired) electrons. The van der Waals surface area contributed by atoms with E-state index in [1.54, 1.807) is 13.0 Å². The molecule has 1 fully saturated rings. The highest BCUT2D eigenvalue weighted by atomic mass is 32.2. The summed E-state index contributed by atoms with van der Waals surface area (Å²) >= 11 is 0. The molecule has 1 atom stereocenters. The van der Waals surface area contributed by atoms with Crippen molar-refractivity contribution in [3.8, 4) is 0 Å². The van der Waals surface area contributed by atoms with Crippen LogP contribution in [0.1, 0.15) is 25.3 Å². The van der Waals surface area contributed by atoms with Gasteiger partial charge in [-0.3, -0.25) is 19.3 Å². The largest absolute Gasteiger partial charge is 0.324 e. The molecule has 0 aromatic heterocycles. The topological polar surface area (TPSA) is 104 Å². The number of aryl methyl sites for hydroxylation is 1. The van der Waals surface area contributed by atoms with Crippen molar-refractivity contribution < 1.29 is 22.8 Å². The van der Waals surface area contributed by atoms with E-state index in [2.05, 4.69) is 5.32 Å². The van der Waals surface area contributed by atoms with E-state index in [1.807, 2.05) is 0 Å². The van der Waals surface area contributed by atoms with Crippen LogP contribution in [0.25, 0.3) is 0 Å². The van der Waals surface area contributed by atoms with Crippen LogP contribution in [0.4, 0.5) is 5.69 Å². The number of rotatable bonds is 5. The molecule has 8 nitrogen and oxygen atoms in total. The van der Waals surface area contributed by atoms with Crippen LogP contribution in [0.15, 0.2) is 23.1 Å². The van der Waals surface area contributed by atoms with Crippen LogP contribution in [0.3, 0.4) is 0 Å². The molecule has 1 aromatic rings. The van der Waals surface area contributed by atoms with Gasteiger partial charge in [-0.2, -0.15) is 0 Å². The Kier molecular flexibility index (Phi) is 5.28. The number of hydrogen-bond acceptors (Lipinski definition) is 5. The first-order chi connectivity index (χ1) is 11.6. The zero-order chi connectivity index (χ0) is 18.9. The quantitative estimate of drug-likeness (QED) is 0.773. The van der Waals surface area contributed by atoms with E-state index in [0.717, 1.165) is 9.21 Å². The van der Waals surface area contributed by atoms with E-state index in [1.165, 1.54) is 33.2 Å². The monoisotopic (exact) mass is 367 g/mol. The lowest BCUT2D eigenvalue weighted by molar-refractivity contribution is -0.144. The highest BCUT2D eigenvalue weighted by Crippen LogP contribution is 2.23. The summed E-state index contributed by atoms with van der Waals surface area (Å²) in [5.41, 5.74) is 0.983. The summed E-state index contributed by atoms with van der Waals surface area (Å²) in [6.45, 7) is 3.19. The number of anilines is 1. The van der Waals surface area contributed by atoms with Crippen molar-refractivity contribution in [1.29, 1.82) is 0 Å². The number of nitrogens with one attached hydrogen (secondary N) is 1. The second-order valence-electron chi connectivity index (χ2n) is 6.09. The summed E-state index contributed by atoms with van der Waals surface area (Å²) in [6.07, 6.45) is 0.206. The van der Waals surface area contributed by atoms with E-state index in [0.29, 0.717) is 11.3 Å². The molecule has 136 valence electrons. The van der Waals surface area contributed by atoms with Crippen LogP contribution in [0, 0.1) is 6.92 Å². The first-order valence-electron chi connectivity index (χ1n) is 7.74. The molecule has 0 bridgehead atoms. The Morgan fingerprint density at radius 1 is 1.20 bits per heavy atom. The molecular formula is C16H21N3O5S. The Bertz CT molecular complexity index is 816. The van der Waals surface area contributed by atoms with E-state index < -0.39 is 22.0 Å². The van der Waals surface area contributed by atoms with Crippen LogP contribution >= 0.6 is 0 Å². The van der Waals surface area contributed by atoms with Crippen molar-refractivity contribution in [1.82, 2.24) is 9.21 Å².